The van der Waals surface area contributed by atoms with Crippen molar-refractivity contribution in [3.63, 3.8) is 0 Å². The quantitative estimate of drug-likeness (QED) is 0.591. The Balaban J connectivity index is 1.91. The van der Waals surface area contributed by atoms with E-state index in [-0.39, 0.29) is 5.78 Å². The van der Waals surface area contributed by atoms with Gasteiger partial charge in [-0.2, -0.15) is 5.10 Å². The first-order chi connectivity index (χ1) is 8.29. The first kappa shape index (κ1) is 12.3. The molecule has 17 heavy (non-hydrogen) atoms. The molecule has 0 aliphatic heterocycles. The zero-order valence-electron chi connectivity index (χ0n) is 10.7. The van der Waals surface area contributed by atoms with Gasteiger partial charge < -0.3 is 0 Å². The highest BCUT2D eigenvalue weighted by molar-refractivity contribution is 5.95. The van der Waals surface area contributed by atoms with Gasteiger partial charge in [0, 0.05) is 19.2 Å². The Bertz CT molecular complexity index is 362. The van der Waals surface area contributed by atoms with Crippen molar-refractivity contribution in [1.82, 2.24) is 9.78 Å². The van der Waals surface area contributed by atoms with Gasteiger partial charge in [-0.15, -0.1) is 0 Å². The van der Waals surface area contributed by atoms with Gasteiger partial charge in [0.15, 0.2) is 5.78 Å². The number of rotatable bonds is 4. The molecule has 0 amide bonds. The number of aryl methyl sites for hydroxylation is 1. The second-order valence-electron chi connectivity index (χ2n) is 5.07. The number of Topliss-reactive ketones (excluding diaryl/α,β-unsaturated/α-hetero) is 1. The Labute approximate surface area is 103 Å². The maximum atomic E-state index is 12.1. The Hall–Kier alpha value is -1.12. The van der Waals surface area contributed by atoms with Crippen LogP contribution in [0.3, 0.4) is 0 Å². The fraction of sp³-hybridized carbons (Fsp3) is 0.714. The van der Waals surface area contributed by atoms with Crippen LogP contribution in [0.25, 0.3) is 0 Å². The van der Waals surface area contributed by atoms with Crippen LogP contribution in [-0.4, -0.2) is 15.6 Å². The van der Waals surface area contributed by atoms with Crippen molar-refractivity contribution in [2.75, 3.05) is 0 Å². The fourth-order valence-electron chi connectivity index (χ4n) is 2.63. The van der Waals surface area contributed by atoms with E-state index in [1.807, 2.05) is 17.8 Å². The van der Waals surface area contributed by atoms with Crippen molar-refractivity contribution in [3.8, 4) is 0 Å². The van der Waals surface area contributed by atoms with Crippen LogP contribution >= 0.6 is 0 Å². The van der Waals surface area contributed by atoms with Crippen LogP contribution in [0.4, 0.5) is 0 Å². The molecule has 3 heteroatoms. The van der Waals surface area contributed by atoms with Crippen molar-refractivity contribution in [2.24, 2.45) is 5.92 Å². The number of nitrogens with zero attached hydrogens (tertiary/aromatic N) is 2. The molecule has 3 nitrogen and oxygen atoms in total. The van der Waals surface area contributed by atoms with Gasteiger partial charge in [0.2, 0.25) is 0 Å². The van der Waals surface area contributed by atoms with Gasteiger partial charge in [-0.05, 0) is 12.8 Å². The number of hydrogen-bond acceptors (Lipinski definition) is 2. The lowest BCUT2D eigenvalue weighted by Gasteiger charge is -2.11. The summed E-state index contributed by atoms with van der Waals surface area (Å²) in [6, 6.07) is 0. The number of ketones is 1. The van der Waals surface area contributed by atoms with Gasteiger partial charge in [0.1, 0.15) is 0 Å². The zero-order chi connectivity index (χ0) is 12.1. The van der Waals surface area contributed by atoms with Crippen LogP contribution in [0.2, 0.25) is 0 Å². The summed E-state index contributed by atoms with van der Waals surface area (Å²) in [4.78, 5) is 12.1. The van der Waals surface area contributed by atoms with Gasteiger partial charge in [0.05, 0.1) is 11.8 Å². The van der Waals surface area contributed by atoms with Crippen molar-refractivity contribution >= 4 is 5.78 Å². The smallest absolute Gasteiger partial charge is 0.166 e. The average Bonchev–Trinajstić information content (AvgIpc) is 2.68. The van der Waals surface area contributed by atoms with Gasteiger partial charge in [-0.3, -0.25) is 9.48 Å². The number of carbonyl (C=O) groups is 1. The van der Waals surface area contributed by atoms with E-state index in [1.165, 1.54) is 38.5 Å². The Morgan fingerprint density at radius 1 is 1.35 bits per heavy atom. The lowest BCUT2D eigenvalue weighted by atomic mass is 9.93. The highest BCUT2D eigenvalue weighted by Gasteiger charge is 2.17. The normalized spacial score (nSPS) is 17.9. The van der Waals surface area contributed by atoms with E-state index in [1.54, 1.807) is 6.20 Å². The summed E-state index contributed by atoms with van der Waals surface area (Å²) in [6.07, 6.45) is 12.0. The van der Waals surface area contributed by atoms with E-state index in [0.717, 1.165) is 18.5 Å². The van der Waals surface area contributed by atoms with Gasteiger partial charge in [-0.1, -0.05) is 38.5 Å². The molecule has 0 radical (unpaired) electrons. The number of aromatic nitrogens is 2. The third kappa shape index (κ3) is 3.42. The van der Waals surface area contributed by atoms with Gasteiger partial charge >= 0.3 is 0 Å². The third-order valence-electron chi connectivity index (χ3n) is 3.73. The van der Waals surface area contributed by atoms with Crippen molar-refractivity contribution in [1.29, 1.82) is 0 Å². The molecule has 0 aromatic carbocycles. The second kappa shape index (κ2) is 5.99. The molecule has 94 valence electrons. The van der Waals surface area contributed by atoms with E-state index in [0.29, 0.717) is 5.92 Å². The number of hydrogen-bond donors (Lipinski definition) is 0. The molecule has 1 heterocycles. The van der Waals surface area contributed by atoms with E-state index >= 15 is 0 Å². The molecule has 0 unspecified atom stereocenters. The Kier molecular flexibility index (Phi) is 4.35. The van der Waals surface area contributed by atoms with Crippen molar-refractivity contribution in [3.05, 3.63) is 18.0 Å². The van der Waals surface area contributed by atoms with Gasteiger partial charge in [0.25, 0.3) is 0 Å². The maximum Gasteiger partial charge on any atom is 0.166 e. The summed E-state index contributed by atoms with van der Waals surface area (Å²) >= 11 is 0. The minimum absolute atomic E-state index is 0.275. The zero-order valence-corrected chi connectivity index (χ0v) is 10.7. The maximum absolute atomic E-state index is 12.1. The third-order valence-corrected chi connectivity index (χ3v) is 3.73. The molecular weight excluding hydrogens is 212 g/mol. The topological polar surface area (TPSA) is 34.9 Å². The van der Waals surface area contributed by atoms with E-state index in [9.17, 15) is 4.79 Å². The van der Waals surface area contributed by atoms with Crippen LogP contribution in [0.1, 0.15) is 62.2 Å². The minimum atomic E-state index is 0.275. The molecule has 0 atom stereocenters. The lowest BCUT2D eigenvalue weighted by molar-refractivity contribution is 0.0957. The highest BCUT2D eigenvalue weighted by atomic mass is 16.1. The first-order valence-electron chi connectivity index (χ1n) is 6.85. The molecule has 0 N–H and O–H groups in total. The van der Waals surface area contributed by atoms with Crippen LogP contribution in [0.5, 0.6) is 0 Å². The molecular formula is C14H22N2O. The molecule has 0 saturated heterocycles. The van der Waals surface area contributed by atoms with E-state index in [2.05, 4.69) is 5.10 Å². The summed E-state index contributed by atoms with van der Waals surface area (Å²) in [6.45, 7) is 2.86. The fourth-order valence-corrected chi connectivity index (χ4v) is 2.63. The minimum Gasteiger partial charge on any atom is -0.294 e. The standard InChI is InChI=1S/C14H22N2O/c1-2-16-11-13(10-15-16)14(17)9-12-7-5-3-4-6-8-12/h10-12H,2-9H2,1H3. The Morgan fingerprint density at radius 3 is 2.65 bits per heavy atom. The SMILES string of the molecule is CCn1cc(C(=O)CC2CCCCCC2)cn1. The van der Waals surface area contributed by atoms with Crippen molar-refractivity contribution in [2.45, 2.75) is 58.4 Å². The molecule has 1 aliphatic rings. The largest absolute Gasteiger partial charge is 0.294 e. The summed E-state index contributed by atoms with van der Waals surface area (Å²) in [7, 11) is 0. The Morgan fingerprint density at radius 2 is 2.06 bits per heavy atom. The van der Waals surface area contributed by atoms with E-state index in [4.69, 9.17) is 0 Å². The monoisotopic (exact) mass is 234 g/mol. The van der Waals surface area contributed by atoms with Crippen molar-refractivity contribution < 1.29 is 4.79 Å². The second-order valence-corrected chi connectivity index (χ2v) is 5.07. The van der Waals surface area contributed by atoms with Crippen LogP contribution in [0.15, 0.2) is 12.4 Å². The molecule has 1 fully saturated rings. The summed E-state index contributed by atoms with van der Waals surface area (Å²) in [5.41, 5.74) is 0.788. The molecule has 1 aromatic rings. The predicted molar refractivity (Wildman–Crippen MR) is 68.0 cm³/mol. The van der Waals surface area contributed by atoms with Gasteiger partial charge in [-0.25, -0.2) is 0 Å². The summed E-state index contributed by atoms with van der Waals surface area (Å²) < 4.78 is 1.82. The summed E-state index contributed by atoms with van der Waals surface area (Å²) in [5, 5.41) is 4.16. The predicted octanol–water partition coefficient (Wildman–Crippen LogP) is 3.45. The lowest BCUT2D eigenvalue weighted by Crippen LogP contribution is -2.07. The highest BCUT2D eigenvalue weighted by Crippen LogP contribution is 2.26. The summed E-state index contributed by atoms with van der Waals surface area (Å²) in [5.74, 6) is 0.881. The van der Waals surface area contributed by atoms with E-state index < -0.39 is 0 Å². The van der Waals surface area contributed by atoms with Crippen LogP contribution in [-0.2, 0) is 6.54 Å². The molecule has 0 spiro atoms. The number of carbonyl (C=O) groups excluding carboxylic acids is 1. The molecule has 1 aromatic heterocycles. The van der Waals surface area contributed by atoms with Crippen LogP contribution in [0, 0.1) is 5.92 Å². The first-order valence-corrected chi connectivity index (χ1v) is 6.85. The molecule has 2 rings (SSSR count). The molecule has 0 bridgehead atoms. The molecule has 1 aliphatic carbocycles. The molecule has 1 saturated carbocycles. The van der Waals surface area contributed by atoms with Crippen LogP contribution < -0.4 is 0 Å². The average molecular weight is 234 g/mol.